The van der Waals surface area contributed by atoms with Gasteiger partial charge < -0.3 is 9.47 Å². The number of carbonyl (C=O) groups is 1. The van der Waals surface area contributed by atoms with E-state index in [1.54, 1.807) is 0 Å². The zero-order chi connectivity index (χ0) is 24.4. The van der Waals surface area contributed by atoms with Gasteiger partial charge in [0, 0.05) is 12.7 Å². The number of terminal acetylenes is 1. The van der Waals surface area contributed by atoms with Gasteiger partial charge in [-0.15, -0.1) is 25.5 Å². The predicted octanol–water partition coefficient (Wildman–Crippen LogP) is 2.87. The number of nitrogens with zero attached hydrogens (tertiary/aromatic N) is 2. The molecule has 172 valence electrons. The number of carbonyl (C=O) groups excluding carboxylic acids is 1. The van der Waals surface area contributed by atoms with Gasteiger partial charge in [0.2, 0.25) is 11.1 Å². The molecule has 0 saturated carbocycles. The Morgan fingerprint density at radius 1 is 1.18 bits per heavy atom. The van der Waals surface area contributed by atoms with Gasteiger partial charge >= 0.3 is 12.3 Å². The third-order valence-electron chi connectivity index (χ3n) is 4.26. The Labute approximate surface area is 185 Å². The molecule has 0 aliphatic carbocycles. The zero-order valence-corrected chi connectivity index (χ0v) is 17.7. The molecule has 0 aliphatic rings. The van der Waals surface area contributed by atoms with Crippen LogP contribution in [-0.2, 0) is 14.6 Å². The first-order valence-corrected chi connectivity index (χ1v) is 11.0. The summed E-state index contributed by atoms with van der Waals surface area (Å²) in [6.07, 6.45) is 1.17. The topological polar surface area (TPSA) is 105 Å². The van der Waals surface area contributed by atoms with Crippen LogP contribution in [0.5, 0.6) is 5.75 Å². The van der Waals surface area contributed by atoms with E-state index in [-0.39, 0.29) is 34.5 Å². The molecule has 3 rings (SSSR count). The van der Waals surface area contributed by atoms with Crippen LogP contribution in [0.4, 0.5) is 13.2 Å². The van der Waals surface area contributed by atoms with Crippen LogP contribution in [-0.4, -0.2) is 43.4 Å². The van der Waals surface area contributed by atoms with Gasteiger partial charge in [-0.2, -0.15) is 5.10 Å². The van der Waals surface area contributed by atoms with Crippen molar-refractivity contribution in [2.75, 3.05) is 12.9 Å². The summed E-state index contributed by atoms with van der Waals surface area (Å²) in [7, 11) is -3.91. The number of sulfone groups is 1. The molecule has 0 bridgehead atoms. The van der Waals surface area contributed by atoms with E-state index in [4.69, 9.17) is 11.2 Å². The van der Waals surface area contributed by atoms with Crippen LogP contribution in [0.3, 0.4) is 0 Å². The van der Waals surface area contributed by atoms with Gasteiger partial charge in [0.1, 0.15) is 12.4 Å². The molecule has 0 unspecified atom stereocenters. The molecule has 0 N–H and O–H groups in total. The number of benzene rings is 2. The van der Waals surface area contributed by atoms with Gasteiger partial charge in [-0.25, -0.2) is 17.9 Å². The van der Waals surface area contributed by atoms with Crippen LogP contribution >= 0.6 is 0 Å². The van der Waals surface area contributed by atoms with Crippen LogP contribution in [0, 0.1) is 12.3 Å². The van der Waals surface area contributed by atoms with Crippen molar-refractivity contribution in [1.82, 2.24) is 9.78 Å². The van der Waals surface area contributed by atoms with Gasteiger partial charge in [0.15, 0.2) is 9.84 Å². The normalized spacial score (nSPS) is 11.7. The average molecular weight is 480 g/mol. The molecule has 3 aromatic rings. The highest BCUT2D eigenvalue weighted by Crippen LogP contribution is 2.26. The number of ether oxygens (including phenoxy) is 2. The van der Waals surface area contributed by atoms with E-state index < -0.39 is 39.0 Å². The summed E-state index contributed by atoms with van der Waals surface area (Å²) >= 11 is 0. The highest BCUT2D eigenvalue weighted by atomic mass is 32.2. The summed E-state index contributed by atoms with van der Waals surface area (Å²) in [5.74, 6) is 0.609. The zero-order valence-electron chi connectivity index (χ0n) is 16.9. The van der Waals surface area contributed by atoms with Crippen molar-refractivity contribution in [2.24, 2.45) is 0 Å². The lowest BCUT2D eigenvalue weighted by molar-refractivity contribution is -0.274. The van der Waals surface area contributed by atoms with Crippen molar-refractivity contribution in [3.05, 3.63) is 58.4 Å². The van der Waals surface area contributed by atoms with Crippen molar-refractivity contribution in [2.45, 2.75) is 17.7 Å². The van der Waals surface area contributed by atoms with Gasteiger partial charge in [-0.3, -0.25) is 4.79 Å². The number of fused-ring (bicyclic) bond motifs is 1. The Morgan fingerprint density at radius 3 is 2.42 bits per heavy atom. The largest absolute Gasteiger partial charge is 0.573 e. The van der Waals surface area contributed by atoms with E-state index in [0.717, 1.165) is 23.1 Å². The summed E-state index contributed by atoms with van der Waals surface area (Å²) in [6.45, 7) is -0.203. The Bertz CT molecular complexity index is 1420. The van der Waals surface area contributed by atoms with Crippen LogP contribution in [0.15, 0.2) is 52.2 Å². The average Bonchev–Trinajstić information content (AvgIpc) is 2.73. The fourth-order valence-corrected chi connectivity index (χ4v) is 3.84. The van der Waals surface area contributed by atoms with Gasteiger partial charge in [-0.1, -0.05) is 6.07 Å². The minimum absolute atomic E-state index is 0.00703. The van der Waals surface area contributed by atoms with E-state index in [2.05, 4.69) is 15.8 Å². The van der Waals surface area contributed by atoms with Gasteiger partial charge in [-0.05, 0) is 36.4 Å². The fourth-order valence-electron chi connectivity index (χ4n) is 2.94. The molecular formula is C21H15F3N2O6S. The summed E-state index contributed by atoms with van der Waals surface area (Å²) in [5, 5.41) is 3.67. The first-order chi connectivity index (χ1) is 15.4. The van der Waals surface area contributed by atoms with E-state index in [0.29, 0.717) is 0 Å². The molecule has 33 heavy (non-hydrogen) atoms. The highest BCUT2D eigenvalue weighted by molar-refractivity contribution is 7.91. The first kappa shape index (κ1) is 23.8. The molecule has 0 aliphatic heterocycles. The van der Waals surface area contributed by atoms with Gasteiger partial charge in [0.05, 0.1) is 21.5 Å². The Balaban J connectivity index is 2.26. The number of alkyl halides is 3. The quantitative estimate of drug-likeness (QED) is 0.304. The van der Waals surface area contributed by atoms with Crippen LogP contribution in [0.25, 0.3) is 16.6 Å². The second kappa shape index (κ2) is 8.95. The van der Waals surface area contributed by atoms with E-state index in [9.17, 15) is 31.2 Å². The molecule has 0 fully saturated rings. The molecule has 8 nitrogen and oxygen atoms in total. The fraction of sp³-hybridized carbons (Fsp3) is 0.190. The maximum atomic E-state index is 13.0. The number of hydrogen-bond donors (Lipinski definition) is 0. The summed E-state index contributed by atoms with van der Waals surface area (Å²) < 4.78 is 71.7. The molecule has 0 spiro atoms. The highest BCUT2D eigenvalue weighted by Gasteiger charge is 2.31. The van der Waals surface area contributed by atoms with Crippen LogP contribution in [0.2, 0.25) is 0 Å². The maximum Gasteiger partial charge on any atom is 0.573 e. The van der Waals surface area contributed by atoms with Crippen molar-refractivity contribution >= 4 is 26.7 Å². The Hall–Kier alpha value is -3.85. The lowest BCUT2D eigenvalue weighted by atomic mass is 10.2. The van der Waals surface area contributed by atoms with Crippen molar-refractivity contribution in [1.29, 1.82) is 0 Å². The van der Waals surface area contributed by atoms with Crippen molar-refractivity contribution in [3.63, 3.8) is 0 Å². The lowest BCUT2D eigenvalue weighted by Gasteiger charge is -2.14. The second-order valence-electron chi connectivity index (χ2n) is 6.64. The minimum atomic E-state index is -4.90. The number of hydrogen-bond acceptors (Lipinski definition) is 7. The lowest BCUT2D eigenvalue weighted by Crippen LogP contribution is -2.25. The van der Waals surface area contributed by atoms with Crippen LogP contribution in [0.1, 0.15) is 16.9 Å². The van der Waals surface area contributed by atoms with Crippen molar-refractivity contribution < 1.29 is 35.9 Å². The van der Waals surface area contributed by atoms with E-state index in [1.165, 1.54) is 30.3 Å². The third-order valence-corrected chi connectivity index (χ3v) is 5.40. The van der Waals surface area contributed by atoms with Crippen molar-refractivity contribution in [3.8, 4) is 23.8 Å². The Kier molecular flexibility index (Phi) is 6.46. The SMILES string of the molecule is C#CCCOC(=O)c1nn(-c2ccc(OC(F)(F)F)cc2)c2cccc(S(C)(=O)=O)c2c1=O. The minimum Gasteiger partial charge on any atom is -0.460 e. The molecule has 12 heteroatoms. The molecule has 0 atom stereocenters. The standard InChI is InChI=1S/C21H15F3N2O6S/c1-3-4-12-31-20(28)18-19(27)17-15(6-5-7-16(17)33(2,29)30)26(25-18)13-8-10-14(11-9-13)32-21(22,23)24/h1,5-11H,4,12H2,2H3. The van der Waals surface area contributed by atoms with Crippen LogP contribution < -0.4 is 10.2 Å². The third kappa shape index (κ3) is 5.32. The molecular weight excluding hydrogens is 465 g/mol. The molecule has 0 saturated heterocycles. The number of esters is 1. The number of aromatic nitrogens is 2. The van der Waals surface area contributed by atoms with Gasteiger partial charge in [0.25, 0.3) is 0 Å². The summed E-state index contributed by atoms with van der Waals surface area (Å²) in [4.78, 5) is 25.2. The molecule has 0 radical (unpaired) electrons. The first-order valence-electron chi connectivity index (χ1n) is 9.15. The number of halogens is 3. The van der Waals surface area contributed by atoms with E-state index >= 15 is 0 Å². The predicted molar refractivity (Wildman–Crippen MR) is 111 cm³/mol. The molecule has 0 amide bonds. The Morgan fingerprint density at radius 2 is 1.85 bits per heavy atom. The summed E-state index contributed by atoms with van der Waals surface area (Å²) in [6, 6.07) is 8.32. The summed E-state index contributed by atoms with van der Waals surface area (Å²) in [5.41, 5.74) is -1.57. The molecule has 2 aromatic carbocycles. The maximum absolute atomic E-state index is 13.0. The van der Waals surface area contributed by atoms with E-state index in [1.807, 2.05) is 0 Å². The number of rotatable bonds is 6. The second-order valence-corrected chi connectivity index (χ2v) is 8.63. The monoisotopic (exact) mass is 480 g/mol. The molecule has 1 heterocycles. The smallest absolute Gasteiger partial charge is 0.460 e. The molecule has 1 aromatic heterocycles.